The molecule has 5 nitrogen and oxygen atoms in total. The Labute approximate surface area is 204 Å². The highest BCUT2D eigenvalue weighted by atomic mass is 16.3. The Hall–Kier alpha value is -2.53. The molecule has 0 aromatic heterocycles. The largest absolute Gasteiger partial charge is 0.508 e. The van der Waals surface area contributed by atoms with Crippen molar-refractivity contribution in [2.45, 2.75) is 76.3 Å². The van der Waals surface area contributed by atoms with Gasteiger partial charge in [-0.25, -0.2) is 4.79 Å². The van der Waals surface area contributed by atoms with E-state index in [1.807, 2.05) is 30.1 Å². The molecule has 182 valence electrons. The van der Waals surface area contributed by atoms with E-state index in [2.05, 4.69) is 56.1 Å². The number of anilines is 1. The number of fused-ring (bicyclic) bond motifs is 4. The summed E-state index contributed by atoms with van der Waals surface area (Å²) < 4.78 is 0. The first-order chi connectivity index (χ1) is 16.1. The summed E-state index contributed by atoms with van der Waals surface area (Å²) in [6.45, 7) is 11.1. The van der Waals surface area contributed by atoms with Crippen molar-refractivity contribution in [3.8, 4) is 5.75 Å². The lowest BCUT2D eigenvalue weighted by Gasteiger charge is -2.58. The van der Waals surface area contributed by atoms with Gasteiger partial charge in [0.05, 0.1) is 6.04 Å². The van der Waals surface area contributed by atoms with Gasteiger partial charge in [0.25, 0.3) is 0 Å². The van der Waals surface area contributed by atoms with Crippen LogP contribution in [0.1, 0.15) is 63.6 Å². The summed E-state index contributed by atoms with van der Waals surface area (Å²) in [7, 11) is 1.95. The second-order valence-electron chi connectivity index (χ2n) is 12.0. The molecule has 2 N–H and O–H groups in total. The normalized spacial score (nSPS) is 26.6. The summed E-state index contributed by atoms with van der Waals surface area (Å²) >= 11 is 0. The van der Waals surface area contributed by atoms with E-state index in [0.717, 1.165) is 37.5 Å². The van der Waals surface area contributed by atoms with Gasteiger partial charge >= 0.3 is 6.03 Å². The number of piperidine rings is 1. The van der Waals surface area contributed by atoms with Crippen molar-refractivity contribution in [2.75, 3.05) is 25.5 Å². The third-order valence-electron chi connectivity index (χ3n) is 8.47. The number of hydrogen-bond acceptors (Lipinski definition) is 3. The van der Waals surface area contributed by atoms with Crippen LogP contribution >= 0.6 is 0 Å². The number of urea groups is 1. The van der Waals surface area contributed by atoms with Crippen LogP contribution in [0.4, 0.5) is 10.5 Å². The average Bonchev–Trinajstić information content (AvgIpc) is 3.60. The molecule has 0 unspecified atom stereocenters. The lowest BCUT2D eigenvalue weighted by molar-refractivity contribution is 0.00456. The Morgan fingerprint density at radius 1 is 1.18 bits per heavy atom. The number of rotatable bonds is 4. The van der Waals surface area contributed by atoms with Crippen molar-refractivity contribution in [2.24, 2.45) is 5.92 Å². The number of aromatic hydroxyl groups is 1. The number of likely N-dealkylation sites (N-methyl/N-ethyl adjacent to an activating group) is 1. The lowest BCUT2D eigenvalue weighted by Crippen LogP contribution is -2.68. The number of hydrogen-bond donors (Lipinski definition) is 2. The Bertz CT molecular complexity index is 1070. The van der Waals surface area contributed by atoms with E-state index < -0.39 is 0 Å². The molecule has 3 aliphatic rings. The zero-order valence-electron chi connectivity index (χ0n) is 21.3. The molecule has 2 aromatic carbocycles. The average molecular weight is 462 g/mol. The first-order valence-electron chi connectivity index (χ1n) is 12.8. The number of carbonyl (C=O) groups is 1. The fourth-order valence-electron chi connectivity index (χ4n) is 6.28. The minimum atomic E-state index is -0.195. The standard InChI is InChI=1S/C29H39N3O2/c1-28(2,3)21-9-11-22(12-10-21)30-27(34)31(5)26-25-16-20-8-13-23(33)17-24(20)29(26,4)14-15-32(25)18-19-6-7-19/h8-13,17,19,25-26,33H,6-7,14-16,18H2,1-5H3,(H,30,34)/t25-,26-,29+/m1/s1. The predicted molar refractivity (Wildman–Crippen MR) is 138 cm³/mol. The van der Waals surface area contributed by atoms with E-state index in [1.165, 1.54) is 29.5 Å². The van der Waals surface area contributed by atoms with Crippen LogP contribution < -0.4 is 5.32 Å². The molecule has 0 radical (unpaired) electrons. The quantitative estimate of drug-likeness (QED) is 0.630. The summed E-state index contributed by atoms with van der Waals surface area (Å²) in [4.78, 5) is 18.1. The van der Waals surface area contributed by atoms with Crippen molar-refractivity contribution in [1.29, 1.82) is 0 Å². The molecular weight excluding hydrogens is 422 g/mol. The van der Waals surface area contributed by atoms with Gasteiger partial charge < -0.3 is 15.3 Å². The molecule has 1 saturated heterocycles. The van der Waals surface area contributed by atoms with Gasteiger partial charge in [0.1, 0.15) is 5.75 Å². The summed E-state index contributed by atoms with van der Waals surface area (Å²) in [5, 5.41) is 13.4. The SMILES string of the molecule is CN(C(=O)Nc1ccc(C(C)(C)C)cc1)[C@@H]1[C@H]2Cc3ccc(O)cc3[C@]1(C)CCN2CC1CC1. The fraction of sp³-hybridized carbons (Fsp3) is 0.552. The molecule has 1 saturated carbocycles. The number of nitrogens with zero attached hydrogens (tertiary/aromatic N) is 2. The zero-order valence-corrected chi connectivity index (χ0v) is 21.3. The molecule has 2 fully saturated rings. The third-order valence-corrected chi connectivity index (χ3v) is 8.47. The molecule has 1 aliphatic heterocycles. The zero-order chi connectivity index (χ0) is 24.3. The minimum Gasteiger partial charge on any atom is -0.508 e. The van der Waals surface area contributed by atoms with E-state index >= 15 is 0 Å². The van der Waals surface area contributed by atoms with Crippen molar-refractivity contribution < 1.29 is 9.90 Å². The monoisotopic (exact) mass is 461 g/mol. The number of amides is 2. The molecule has 0 spiro atoms. The molecule has 34 heavy (non-hydrogen) atoms. The second-order valence-corrected chi connectivity index (χ2v) is 12.0. The van der Waals surface area contributed by atoms with Gasteiger partial charge in [0.2, 0.25) is 0 Å². The summed E-state index contributed by atoms with van der Waals surface area (Å²) in [6, 6.07) is 14.3. The Balaban J connectivity index is 1.43. The fourth-order valence-corrected chi connectivity index (χ4v) is 6.28. The van der Waals surface area contributed by atoms with Crippen LogP contribution in [-0.4, -0.2) is 53.2 Å². The van der Waals surface area contributed by atoms with Crippen LogP contribution in [0.5, 0.6) is 5.75 Å². The highest BCUT2D eigenvalue weighted by Gasteiger charge is 2.53. The molecule has 1 heterocycles. The predicted octanol–water partition coefficient (Wildman–Crippen LogP) is 5.52. The molecule has 2 aromatic rings. The summed E-state index contributed by atoms with van der Waals surface area (Å²) in [5.41, 5.74) is 4.48. The summed E-state index contributed by atoms with van der Waals surface area (Å²) in [5.74, 6) is 1.12. The Kier molecular flexibility index (Phi) is 5.67. The van der Waals surface area contributed by atoms with Crippen LogP contribution in [-0.2, 0) is 17.3 Å². The van der Waals surface area contributed by atoms with Crippen LogP contribution in [0, 0.1) is 5.92 Å². The first-order valence-corrected chi connectivity index (χ1v) is 12.8. The first kappa shape index (κ1) is 23.2. The third kappa shape index (κ3) is 4.19. The number of phenols is 1. The van der Waals surface area contributed by atoms with E-state index in [4.69, 9.17) is 0 Å². The molecule has 5 heteroatoms. The van der Waals surface area contributed by atoms with Crippen molar-refractivity contribution in [1.82, 2.24) is 9.80 Å². The maximum atomic E-state index is 13.5. The number of phenolic OH excluding ortho intramolecular Hbond substituents is 1. The van der Waals surface area contributed by atoms with Crippen LogP contribution in [0.3, 0.4) is 0 Å². The van der Waals surface area contributed by atoms with Gasteiger partial charge in [-0.05, 0) is 84.5 Å². The maximum absolute atomic E-state index is 13.5. The second kappa shape index (κ2) is 8.30. The van der Waals surface area contributed by atoms with Crippen LogP contribution in [0.2, 0.25) is 0 Å². The maximum Gasteiger partial charge on any atom is 0.321 e. The van der Waals surface area contributed by atoms with Gasteiger partial charge in [0.15, 0.2) is 0 Å². The Morgan fingerprint density at radius 3 is 2.53 bits per heavy atom. The van der Waals surface area contributed by atoms with Crippen molar-refractivity contribution >= 4 is 11.7 Å². The van der Waals surface area contributed by atoms with Crippen molar-refractivity contribution in [3.63, 3.8) is 0 Å². The van der Waals surface area contributed by atoms with Gasteiger partial charge in [0, 0.05) is 30.7 Å². The number of likely N-dealkylation sites (tertiary alicyclic amines) is 1. The highest BCUT2D eigenvalue weighted by Crippen LogP contribution is 2.48. The van der Waals surface area contributed by atoms with Gasteiger partial charge in [-0.1, -0.05) is 45.9 Å². The minimum absolute atomic E-state index is 0.0446. The van der Waals surface area contributed by atoms with Gasteiger partial charge in [-0.15, -0.1) is 0 Å². The molecule has 2 amide bonds. The Morgan fingerprint density at radius 2 is 1.88 bits per heavy atom. The van der Waals surface area contributed by atoms with E-state index in [9.17, 15) is 9.90 Å². The number of carbonyl (C=O) groups excluding carboxylic acids is 1. The summed E-state index contributed by atoms with van der Waals surface area (Å²) in [6.07, 6.45) is 4.56. The van der Waals surface area contributed by atoms with Gasteiger partial charge in [-0.2, -0.15) is 0 Å². The topological polar surface area (TPSA) is 55.8 Å². The molecule has 2 aliphatic carbocycles. The van der Waals surface area contributed by atoms with Crippen LogP contribution in [0.25, 0.3) is 0 Å². The number of nitrogens with one attached hydrogen (secondary N) is 1. The van der Waals surface area contributed by atoms with E-state index in [-0.39, 0.29) is 28.9 Å². The molecule has 3 atom stereocenters. The van der Waals surface area contributed by atoms with Gasteiger partial charge in [-0.3, -0.25) is 4.90 Å². The molecule has 5 rings (SSSR count). The highest BCUT2D eigenvalue weighted by molar-refractivity contribution is 5.89. The van der Waals surface area contributed by atoms with Crippen LogP contribution in [0.15, 0.2) is 42.5 Å². The van der Waals surface area contributed by atoms with E-state index in [0.29, 0.717) is 5.75 Å². The molecule has 2 bridgehead atoms. The van der Waals surface area contributed by atoms with E-state index in [1.54, 1.807) is 6.07 Å². The lowest BCUT2D eigenvalue weighted by atomic mass is 9.61. The van der Waals surface area contributed by atoms with Crippen molar-refractivity contribution in [3.05, 3.63) is 59.2 Å². The number of benzene rings is 2. The smallest absolute Gasteiger partial charge is 0.321 e. The molecular formula is C29H39N3O2.